The maximum atomic E-state index is 12.7. The molecule has 3 rings (SSSR count). The van der Waals surface area contributed by atoms with Crippen molar-refractivity contribution in [1.82, 2.24) is 9.97 Å². The number of hydrogen-bond donors (Lipinski definition) is 2. The lowest BCUT2D eigenvalue weighted by Gasteiger charge is -2.12. The minimum Gasteiger partial charge on any atom is -0.392 e. The molecule has 0 atom stereocenters. The summed E-state index contributed by atoms with van der Waals surface area (Å²) >= 11 is 12.3. The number of amides is 1. The molecule has 0 bridgehead atoms. The topological polar surface area (TPSA) is 75.1 Å². The van der Waals surface area contributed by atoms with Crippen molar-refractivity contribution in [1.29, 1.82) is 0 Å². The van der Waals surface area contributed by atoms with Crippen LogP contribution in [0, 0.1) is 13.8 Å². The van der Waals surface area contributed by atoms with Crippen LogP contribution in [0.2, 0.25) is 10.0 Å². The summed E-state index contributed by atoms with van der Waals surface area (Å²) in [5.41, 5.74) is 4.03. The fraction of sp³-hybridized carbons (Fsp3) is 0.150. The first kappa shape index (κ1) is 19.3. The predicted molar refractivity (Wildman–Crippen MR) is 107 cm³/mol. The summed E-state index contributed by atoms with van der Waals surface area (Å²) in [5, 5.41) is 13.1. The summed E-state index contributed by atoms with van der Waals surface area (Å²) in [6.07, 6.45) is 1.55. The number of nitrogens with zero attached hydrogens (tertiary/aromatic N) is 2. The normalized spacial score (nSPS) is 10.7. The van der Waals surface area contributed by atoms with Crippen LogP contribution in [0.5, 0.6) is 0 Å². The third-order valence-corrected chi connectivity index (χ3v) is 4.65. The van der Waals surface area contributed by atoms with Gasteiger partial charge in [-0.2, -0.15) is 0 Å². The number of carbonyl (C=O) groups excluding carboxylic acids is 1. The number of rotatable bonds is 4. The molecule has 138 valence electrons. The van der Waals surface area contributed by atoms with E-state index < -0.39 is 0 Å². The van der Waals surface area contributed by atoms with E-state index >= 15 is 0 Å². The number of hydrogen-bond acceptors (Lipinski definition) is 4. The lowest BCUT2D eigenvalue weighted by Crippen LogP contribution is -2.17. The Labute approximate surface area is 167 Å². The van der Waals surface area contributed by atoms with Crippen LogP contribution in [0.15, 0.2) is 42.6 Å². The zero-order chi connectivity index (χ0) is 19.6. The van der Waals surface area contributed by atoms with Crippen molar-refractivity contribution in [2.75, 3.05) is 5.32 Å². The minimum absolute atomic E-state index is 0.0743. The van der Waals surface area contributed by atoms with Gasteiger partial charge in [0.1, 0.15) is 0 Å². The van der Waals surface area contributed by atoms with Gasteiger partial charge >= 0.3 is 0 Å². The first-order valence-electron chi connectivity index (χ1n) is 8.20. The summed E-state index contributed by atoms with van der Waals surface area (Å²) in [5.74, 6) is -0.151. The molecule has 0 aliphatic carbocycles. The van der Waals surface area contributed by atoms with E-state index in [9.17, 15) is 9.90 Å². The van der Waals surface area contributed by atoms with Crippen LogP contribution in [0.25, 0.3) is 11.3 Å². The fourth-order valence-electron chi connectivity index (χ4n) is 2.93. The van der Waals surface area contributed by atoms with Crippen molar-refractivity contribution < 1.29 is 9.90 Å². The predicted octanol–water partition coefficient (Wildman–Crippen LogP) is 4.81. The van der Waals surface area contributed by atoms with Crippen LogP contribution in [0.3, 0.4) is 0 Å². The number of anilines is 1. The van der Waals surface area contributed by atoms with E-state index in [1.807, 2.05) is 13.8 Å². The number of benzene rings is 2. The molecule has 1 aromatic heterocycles. The number of aromatic nitrogens is 2. The van der Waals surface area contributed by atoms with E-state index in [1.165, 1.54) is 0 Å². The first-order valence-corrected chi connectivity index (χ1v) is 8.95. The molecule has 0 radical (unpaired) electrons. The van der Waals surface area contributed by atoms with Crippen LogP contribution in [0.4, 0.5) is 5.95 Å². The van der Waals surface area contributed by atoms with E-state index in [-0.39, 0.29) is 18.5 Å². The molecule has 0 fully saturated rings. The van der Waals surface area contributed by atoms with Gasteiger partial charge < -0.3 is 5.11 Å². The average Bonchev–Trinajstić information content (AvgIpc) is 2.63. The Bertz CT molecular complexity index is 999. The molecule has 7 heteroatoms. The molecule has 3 aromatic rings. The molecule has 0 aliphatic rings. The van der Waals surface area contributed by atoms with E-state index in [0.717, 1.165) is 16.7 Å². The zero-order valence-corrected chi connectivity index (χ0v) is 16.3. The van der Waals surface area contributed by atoms with Crippen LogP contribution in [-0.2, 0) is 6.61 Å². The van der Waals surface area contributed by atoms with E-state index in [1.54, 1.807) is 42.6 Å². The highest BCUT2D eigenvalue weighted by Gasteiger charge is 2.15. The first-order chi connectivity index (χ1) is 12.9. The van der Waals surface area contributed by atoms with Crippen molar-refractivity contribution in [3.63, 3.8) is 0 Å². The molecule has 2 aromatic carbocycles. The molecule has 1 amide bonds. The quantitative estimate of drug-likeness (QED) is 0.657. The van der Waals surface area contributed by atoms with Crippen molar-refractivity contribution in [3.8, 4) is 11.3 Å². The summed E-state index contributed by atoms with van der Waals surface area (Å²) in [6, 6.07) is 10.4. The van der Waals surface area contributed by atoms with Gasteiger partial charge in [0, 0.05) is 22.3 Å². The SMILES string of the molecule is Cc1cc(CO)cc(C)c1C(=O)Nc1nccc(-c2cc(Cl)ccc2Cl)n1. The standard InChI is InChI=1S/C20H17Cl2N3O2/c1-11-7-13(10-26)8-12(2)18(11)19(27)25-20-23-6-5-17(24-20)15-9-14(21)3-4-16(15)22/h3-9,26H,10H2,1-2H3,(H,23,24,25,27). The van der Waals surface area contributed by atoms with Crippen molar-refractivity contribution in [2.45, 2.75) is 20.5 Å². The second-order valence-corrected chi connectivity index (χ2v) is 6.95. The average molecular weight is 402 g/mol. The van der Waals surface area contributed by atoms with Crippen LogP contribution >= 0.6 is 23.2 Å². The second-order valence-electron chi connectivity index (χ2n) is 6.11. The van der Waals surface area contributed by atoms with Gasteiger partial charge in [0.2, 0.25) is 5.95 Å². The van der Waals surface area contributed by atoms with Crippen molar-refractivity contribution >= 4 is 35.1 Å². The summed E-state index contributed by atoms with van der Waals surface area (Å²) in [4.78, 5) is 21.2. The highest BCUT2D eigenvalue weighted by atomic mass is 35.5. The molecule has 5 nitrogen and oxygen atoms in total. The number of aryl methyl sites for hydroxylation is 2. The zero-order valence-electron chi connectivity index (χ0n) is 14.8. The van der Waals surface area contributed by atoms with Gasteiger partial charge in [0.25, 0.3) is 5.91 Å². The molecular formula is C20H17Cl2N3O2. The van der Waals surface area contributed by atoms with Gasteiger partial charge in [0.15, 0.2) is 0 Å². The van der Waals surface area contributed by atoms with E-state index in [2.05, 4.69) is 15.3 Å². The Balaban J connectivity index is 1.91. The Morgan fingerprint density at radius 2 is 1.81 bits per heavy atom. The van der Waals surface area contributed by atoms with Gasteiger partial charge in [-0.05, 0) is 54.8 Å². The van der Waals surface area contributed by atoms with Crippen molar-refractivity contribution in [2.24, 2.45) is 0 Å². The van der Waals surface area contributed by atoms with E-state index in [0.29, 0.717) is 26.9 Å². The molecule has 1 heterocycles. The Hall–Kier alpha value is -2.47. The largest absolute Gasteiger partial charge is 0.392 e. The van der Waals surface area contributed by atoms with Gasteiger partial charge in [-0.1, -0.05) is 35.3 Å². The van der Waals surface area contributed by atoms with Crippen LogP contribution in [-0.4, -0.2) is 21.0 Å². The molecule has 0 spiro atoms. The van der Waals surface area contributed by atoms with Crippen LogP contribution in [0.1, 0.15) is 27.0 Å². The third-order valence-electron chi connectivity index (χ3n) is 4.09. The van der Waals surface area contributed by atoms with Crippen LogP contribution < -0.4 is 5.32 Å². The maximum Gasteiger partial charge on any atom is 0.258 e. The van der Waals surface area contributed by atoms with Gasteiger partial charge in [-0.15, -0.1) is 0 Å². The minimum atomic E-state index is -0.316. The highest BCUT2D eigenvalue weighted by molar-refractivity contribution is 6.35. The molecule has 0 saturated carbocycles. The molecule has 0 aliphatic heterocycles. The van der Waals surface area contributed by atoms with Gasteiger partial charge in [-0.3, -0.25) is 10.1 Å². The monoisotopic (exact) mass is 401 g/mol. The summed E-state index contributed by atoms with van der Waals surface area (Å²) in [6.45, 7) is 3.57. The Morgan fingerprint density at radius 3 is 2.48 bits per heavy atom. The molecule has 2 N–H and O–H groups in total. The van der Waals surface area contributed by atoms with Gasteiger partial charge in [-0.25, -0.2) is 9.97 Å². The molecule has 0 unspecified atom stereocenters. The number of aliphatic hydroxyl groups is 1. The Morgan fingerprint density at radius 1 is 1.11 bits per heavy atom. The van der Waals surface area contributed by atoms with Gasteiger partial charge in [0.05, 0.1) is 17.3 Å². The van der Waals surface area contributed by atoms with E-state index in [4.69, 9.17) is 23.2 Å². The molecular weight excluding hydrogens is 385 g/mol. The summed E-state index contributed by atoms with van der Waals surface area (Å²) in [7, 11) is 0. The lowest BCUT2D eigenvalue weighted by atomic mass is 9.99. The third kappa shape index (κ3) is 4.27. The van der Waals surface area contributed by atoms with Crippen molar-refractivity contribution in [3.05, 3.63) is 74.9 Å². The fourth-order valence-corrected chi connectivity index (χ4v) is 3.32. The second kappa shape index (κ2) is 8.05. The molecule has 27 heavy (non-hydrogen) atoms. The number of carbonyl (C=O) groups is 1. The highest BCUT2D eigenvalue weighted by Crippen LogP contribution is 2.29. The summed E-state index contributed by atoms with van der Waals surface area (Å²) < 4.78 is 0. The lowest BCUT2D eigenvalue weighted by molar-refractivity contribution is 0.102. The number of aliphatic hydroxyl groups excluding tert-OH is 1. The number of halogens is 2. The number of nitrogens with one attached hydrogen (secondary N) is 1. The smallest absolute Gasteiger partial charge is 0.258 e. The Kier molecular flexibility index (Phi) is 5.75. The molecule has 0 saturated heterocycles. The maximum absolute atomic E-state index is 12.7.